The maximum atomic E-state index is 8.30. The second-order valence-corrected chi connectivity index (χ2v) is 2.04. The first-order valence-electron chi connectivity index (χ1n) is 3.60. The van der Waals surface area contributed by atoms with Gasteiger partial charge in [0.15, 0.2) is 0 Å². The largest absolute Gasteiger partial charge is 0.394 e. The molecule has 10 heavy (non-hydrogen) atoms. The van der Waals surface area contributed by atoms with Crippen LogP contribution in [0.1, 0.15) is 26.2 Å². The Balaban J connectivity index is 0. The Kier molecular flexibility index (Phi) is 16.3. The Morgan fingerprint density at radius 1 is 1.20 bits per heavy atom. The third-order valence-corrected chi connectivity index (χ3v) is 1.13. The molecule has 0 aromatic heterocycles. The van der Waals surface area contributed by atoms with Gasteiger partial charge in [-0.3, -0.25) is 0 Å². The molecule has 0 atom stereocenters. The van der Waals surface area contributed by atoms with Crippen molar-refractivity contribution in [3.63, 3.8) is 0 Å². The van der Waals surface area contributed by atoms with Crippen molar-refractivity contribution in [2.24, 2.45) is 0 Å². The summed E-state index contributed by atoms with van der Waals surface area (Å²) in [6, 6.07) is 0. The first-order chi connectivity index (χ1) is 4.41. The van der Waals surface area contributed by atoms with Crippen molar-refractivity contribution in [1.82, 2.24) is 0 Å². The van der Waals surface area contributed by atoms with Crippen LogP contribution in [0, 0.1) is 0 Å². The molecule has 3 heteroatoms. The molecule has 0 spiro atoms. The van der Waals surface area contributed by atoms with Gasteiger partial charge in [-0.1, -0.05) is 19.8 Å². The standard InChI is InChI=1S/C7H16O2.W/c1-2-3-4-6-9-7-5-8;/h8H,2-7H2,1H3;. The molecule has 0 aliphatic carbocycles. The second kappa shape index (κ2) is 12.3. The fourth-order valence-electron chi connectivity index (χ4n) is 0.621. The minimum absolute atomic E-state index is 0. The molecule has 0 saturated carbocycles. The smallest absolute Gasteiger partial charge is 0.0697 e. The quantitative estimate of drug-likeness (QED) is 0.746. The van der Waals surface area contributed by atoms with Gasteiger partial charge in [-0.2, -0.15) is 0 Å². The first-order valence-corrected chi connectivity index (χ1v) is 3.60. The van der Waals surface area contributed by atoms with Crippen molar-refractivity contribution in [1.29, 1.82) is 0 Å². The fourth-order valence-corrected chi connectivity index (χ4v) is 0.621. The summed E-state index contributed by atoms with van der Waals surface area (Å²) in [4.78, 5) is 0. The van der Waals surface area contributed by atoms with Crippen LogP contribution in [0.5, 0.6) is 0 Å². The minimum atomic E-state index is 0. The Morgan fingerprint density at radius 2 is 1.90 bits per heavy atom. The summed E-state index contributed by atoms with van der Waals surface area (Å²) in [7, 11) is 0. The first kappa shape index (κ1) is 13.2. The predicted octanol–water partition coefficient (Wildman–Crippen LogP) is 1.18. The molecular formula is C7H16O2W. The van der Waals surface area contributed by atoms with Gasteiger partial charge >= 0.3 is 0 Å². The van der Waals surface area contributed by atoms with E-state index in [9.17, 15) is 0 Å². The van der Waals surface area contributed by atoms with Crippen LogP contribution < -0.4 is 0 Å². The number of hydrogen-bond acceptors (Lipinski definition) is 2. The van der Waals surface area contributed by atoms with Crippen molar-refractivity contribution in [3.05, 3.63) is 0 Å². The second-order valence-electron chi connectivity index (χ2n) is 2.04. The van der Waals surface area contributed by atoms with Crippen molar-refractivity contribution >= 4 is 0 Å². The van der Waals surface area contributed by atoms with Crippen LogP contribution in [0.3, 0.4) is 0 Å². The molecule has 2 nitrogen and oxygen atoms in total. The zero-order chi connectivity index (χ0) is 6.95. The van der Waals surface area contributed by atoms with Gasteiger partial charge in [0.05, 0.1) is 13.2 Å². The van der Waals surface area contributed by atoms with Crippen LogP contribution >= 0.6 is 0 Å². The molecule has 0 amide bonds. The van der Waals surface area contributed by atoms with Gasteiger partial charge < -0.3 is 9.84 Å². The summed E-state index contributed by atoms with van der Waals surface area (Å²) < 4.78 is 5.03. The molecule has 0 rings (SSSR count). The van der Waals surface area contributed by atoms with Gasteiger partial charge in [0, 0.05) is 27.7 Å². The van der Waals surface area contributed by atoms with Gasteiger partial charge in [0.2, 0.25) is 0 Å². The number of aliphatic hydroxyl groups is 1. The van der Waals surface area contributed by atoms with E-state index >= 15 is 0 Å². The summed E-state index contributed by atoms with van der Waals surface area (Å²) >= 11 is 0. The van der Waals surface area contributed by atoms with E-state index in [1.165, 1.54) is 12.8 Å². The molecule has 0 heterocycles. The molecule has 0 saturated heterocycles. The number of unbranched alkanes of at least 4 members (excludes halogenated alkanes) is 2. The summed E-state index contributed by atoms with van der Waals surface area (Å²) in [5.74, 6) is 0. The normalized spacial score (nSPS) is 9.00. The Bertz CT molecular complexity index is 44.9. The monoisotopic (exact) mass is 316 g/mol. The maximum Gasteiger partial charge on any atom is 0.0697 e. The maximum absolute atomic E-state index is 8.30. The molecule has 62 valence electrons. The van der Waals surface area contributed by atoms with Gasteiger partial charge in [-0.15, -0.1) is 0 Å². The molecule has 1 N–H and O–H groups in total. The number of hydrogen-bond donors (Lipinski definition) is 1. The van der Waals surface area contributed by atoms with Gasteiger partial charge in [-0.05, 0) is 6.42 Å². The molecule has 0 aromatic rings. The fraction of sp³-hybridized carbons (Fsp3) is 1.00. The summed E-state index contributed by atoms with van der Waals surface area (Å²) in [6.45, 7) is 3.59. The summed E-state index contributed by atoms with van der Waals surface area (Å²) in [6.07, 6.45) is 3.57. The van der Waals surface area contributed by atoms with Crippen LogP contribution in [0.4, 0.5) is 0 Å². The topological polar surface area (TPSA) is 29.5 Å². The number of ether oxygens (including phenoxy) is 1. The SMILES string of the molecule is CCCCCOCCO.[W]. The van der Waals surface area contributed by atoms with E-state index < -0.39 is 0 Å². The predicted molar refractivity (Wildman–Crippen MR) is 37.4 cm³/mol. The average Bonchev–Trinajstić information content (AvgIpc) is 1.89. The molecule has 0 aromatic carbocycles. The molecule has 0 fully saturated rings. The van der Waals surface area contributed by atoms with Crippen molar-refractivity contribution in [3.8, 4) is 0 Å². The third-order valence-electron chi connectivity index (χ3n) is 1.13. The van der Waals surface area contributed by atoms with Crippen molar-refractivity contribution in [2.75, 3.05) is 19.8 Å². The Hall–Kier alpha value is 0.608. The van der Waals surface area contributed by atoms with Crippen LogP contribution in [-0.4, -0.2) is 24.9 Å². The van der Waals surface area contributed by atoms with E-state index in [2.05, 4.69) is 6.92 Å². The van der Waals surface area contributed by atoms with Gasteiger partial charge in [0.1, 0.15) is 0 Å². The zero-order valence-electron chi connectivity index (χ0n) is 6.51. The Morgan fingerprint density at radius 3 is 2.40 bits per heavy atom. The average molecular weight is 316 g/mol. The van der Waals surface area contributed by atoms with E-state index in [4.69, 9.17) is 9.84 Å². The van der Waals surface area contributed by atoms with Crippen LogP contribution in [-0.2, 0) is 25.8 Å². The van der Waals surface area contributed by atoms with E-state index in [0.717, 1.165) is 13.0 Å². The van der Waals surface area contributed by atoms with Crippen LogP contribution in [0.25, 0.3) is 0 Å². The molecular weight excluding hydrogens is 300 g/mol. The van der Waals surface area contributed by atoms with E-state index in [1.807, 2.05) is 0 Å². The van der Waals surface area contributed by atoms with E-state index in [1.54, 1.807) is 0 Å². The van der Waals surface area contributed by atoms with E-state index in [-0.39, 0.29) is 27.7 Å². The van der Waals surface area contributed by atoms with Crippen LogP contribution in [0.2, 0.25) is 0 Å². The molecule has 0 radical (unpaired) electrons. The van der Waals surface area contributed by atoms with Crippen LogP contribution in [0.15, 0.2) is 0 Å². The third kappa shape index (κ3) is 11.4. The molecule has 0 unspecified atom stereocenters. The zero-order valence-corrected chi connectivity index (χ0v) is 9.44. The molecule has 0 aliphatic heterocycles. The number of rotatable bonds is 6. The Labute approximate surface area is 77.2 Å². The van der Waals surface area contributed by atoms with E-state index in [0.29, 0.717) is 6.61 Å². The molecule has 0 aliphatic rings. The van der Waals surface area contributed by atoms with Gasteiger partial charge in [0.25, 0.3) is 0 Å². The van der Waals surface area contributed by atoms with Gasteiger partial charge in [-0.25, -0.2) is 0 Å². The summed E-state index contributed by atoms with van der Waals surface area (Å²) in [5.41, 5.74) is 0. The number of aliphatic hydroxyl groups excluding tert-OH is 1. The summed E-state index contributed by atoms with van der Waals surface area (Å²) in [5, 5.41) is 8.30. The molecule has 0 bridgehead atoms. The van der Waals surface area contributed by atoms with Crippen molar-refractivity contribution in [2.45, 2.75) is 26.2 Å². The van der Waals surface area contributed by atoms with Crippen molar-refractivity contribution < 1.29 is 30.9 Å². The minimum Gasteiger partial charge on any atom is -0.394 e.